The van der Waals surface area contributed by atoms with Crippen molar-refractivity contribution in [3.8, 4) is 11.5 Å². The Morgan fingerprint density at radius 3 is 2.32 bits per heavy atom. The molecule has 0 unspecified atom stereocenters. The van der Waals surface area contributed by atoms with Crippen LogP contribution in [0.2, 0.25) is 8.67 Å². The van der Waals surface area contributed by atoms with Crippen LogP contribution in [0.5, 0.6) is 11.5 Å². The first-order valence-electron chi connectivity index (χ1n) is 8.50. The number of rotatable bonds is 3. The third-order valence-electron chi connectivity index (χ3n) is 4.56. The van der Waals surface area contributed by atoms with Gasteiger partial charge in [0.1, 0.15) is 17.6 Å². The van der Waals surface area contributed by atoms with Crippen molar-refractivity contribution in [2.24, 2.45) is 0 Å². The number of fused-ring (bicyclic) bond motifs is 1. The Balaban J connectivity index is 1.47. The van der Waals surface area contributed by atoms with E-state index in [1.807, 2.05) is 0 Å². The van der Waals surface area contributed by atoms with Crippen LogP contribution in [-0.2, 0) is 10.0 Å². The Labute approximate surface area is 176 Å². The monoisotopic (exact) mass is 462 g/mol. The Morgan fingerprint density at radius 2 is 1.68 bits per heavy atom. The summed E-state index contributed by atoms with van der Waals surface area (Å²) in [6, 6.07) is 6.13. The summed E-state index contributed by atoms with van der Waals surface area (Å²) in [6.45, 7) is 1.75. The van der Waals surface area contributed by atoms with E-state index in [-0.39, 0.29) is 37.0 Å². The first-order valence-corrected chi connectivity index (χ1v) is 11.5. The zero-order valence-electron chi connectivity index (χ0n) is 14.6. The third-order valence-corrected chi connectivity index (χ3v) is 7.95. The minimum Gasteiger partial charge on any atom is -0.486 e. The molecule has 11 heteroatoms. The Kier molecular flexibility index (Phi) is 5.45. The number of benzene rings is 1. The van der Waals surface area contributed by atoms with Gasteiger partial charge in [-0.15, -0.1) is 11.3 Å². The molecule has 2 aromatic rings. The molecule has 150 valence electrons. The van der Waals surface area contributed by atoms with Gasteiger partial charge in [0.15, 0.2) is 11.5 Å². The van der Waals surface area contributed by atoms with E-state index in [2.05, 4.69) is 0 Å². The molecule has 0 atom stereocenters. The van der Waals surface area contributed by atoms with Crippen LogP contribution in [0.25, 0.3) is 0 Å². The first-order chi connectivity index (χ1) is 13.4. The van der Waals surface area contributed by atoms with Crippen LogP contribution in [0.4, 0.5) is 0 Å². The minimum absolute atomic E-state index is 0.143. The molecule has 0 saturated carbocycles. The molecule has 3 heterocycles. The molecule has 1 amide bonds. The van der Waals surface area contributed by atoms with E-state index in [4.69, 9.17) is 32.7 Å². The van der Waals surface area contributed by atoms with Crippen LogP contribution in [-0.4, -0.2) is 62.9 Å². The first kappa shape index (κ1) is 19.8. The number of ether oxygens (including phenoxy) is 2. The summed E-state index contributed by atoms with van der Waals surface area (Å²) < 4.78 is 39.0. The highest BCUT2D eigenvalue weighted by atomic mass is 35.5. The zero-order valence-corrected chi connectivity index (χ0v) is 17.7. The number of carbonyl (C=O) groups excluding carboxylic acids is 1. The summed E-state index contributed by atoms with van der Waals surface area (Å²) in [4.78, 5) is 14.3. The quantitative estimate of drug-likeness (QED) is 0.700. The number of halogens is 2. The van der Waals surface area contributed by atoms with Crippen molar-refractivity contribution in [1.82, 2.24) is 9.21 Å². The fraction of sp³-hybridized carbons (Fsp3) is 0.353. The maximum atomic E-state index is 13.0. The molecule has 0 N–H and O–H groups in total. The molecule has 1 aromatic carbocycles. The van der Waals surface area contributed by atoms with Gasteiger partial charge in [-0.2, -0.15) is 4.31 Å². The van der Waals surface area contributed by atoms with E-state index >= 15 is 0 Å². The van der Waals surface area contributed by atoms with E-state index in [1.165, 1.54) is 22.5 Å². The number of carbonyl (C=O) groups is 1. The van der Waals surface area contributed by atoms with Crippen LogP contribution in [0.15, 0.2) is 29.2 Å². The van der Waals surface area contributed by atoms with Crippen molar-refractivity contribution in [2.45, 2.75) is 4.90 Å². The molecule has 4 rings (SSSR count). The van der Waals surface area contributed by atoms with Gasteiger partial charge in [-0.1, -0.05) is 23.2 Å². The highest BCUT2D eigenvalue weighted by molar-refractivity contribution is 7.89. The molecule has 1 aromatic heterocycles. The molecule has 2 aliphatic heterocycles. The highest BCUT2D eigenvalue weighted by Gasteiger charge is 2.32. The van der Waals surface area contributed by atoms with Crippen molar-refractivity contribution in [3.05, 3.63) is 38.5 Å². The number of piperazine rings is 1. The number of amides is 1. The topological polar surface area (TPSA) is 76.2 Å². The fourth-order valence-electron chi connectivity index (χ4n) is 3.12. The molecule has 7 nitrogen and oxygen atoms in total. The van der Waals surface area contributed by atoms with Gasteiger partial charge < -0.3 is 14.4 Å². The van der Waals surface area contributed by atoms with E-state index < -0.39 is 10.0 Å². The maximum absolute atomic E-state index is 13.0. The molecule has 0 aliphatic carbocycles. The zero-order chi connectivity index (χ0) is 19.9. The Bertz CT molecular complexity index is 1020. The number of sulfonamides is 1. The predicted octanol–water partition coefficient (Wildman–Crippen LogP) is 2.97. The molecule has 2 aliphatic rings. The lowest BCUT2D eigenvalue weighted by atomic mass is 10.2. The molecule has 0 bridgehead atoms. The van der Waals surface area contributed by atoms with Crippen LogP contribution in [0.1, 0.15) is 10.4 Å². The second-order valence-electron chi connectivity index (χ2n) is 6.24. The van der Waals surface area contributed by atoms with Crippen molar-refractivity contribution in [3.63, 3.8) is 0 Å². The van der Waals surface area contributed by atoms with Crippen molar-refractivity contribution < 1.29 is 22.7 Å². The van der Waals surface area contributed by atoms with Gasteiger partial charge in [0, 0.05) is 32.2 Å². The smallest absolute Gasteiger partial charge is 0.256 e. The normalized spacial score (nSPS) is 17.6. The summed E-state index contributed by atoms with van der Waals surface area (Å²) in [5, 5.41) is 0. The van der Waals surface area contributed by atoms with E-state index in [1.54, 1.807) is 11.0 Å². The van der Waals surface area contributed by atoms with Gasteiger partial charge >= 0.3 is 0 Å². The molecule has 0 radical (unpaired) electrons. The van der Waals surface area contributed by atoms with Gasteiger partial charge in [-0.3, -0.25) is 4.79 Å². The van der Waals surface area contributed by atoms with Crippen molar-refractivity contribution >= 4 is 50.5 Å². The number of thiophene rings is 1. The van der Waals surface area contributed by atoms with Gasteiger partial charge in [0.05, 0.1) is 14.8 Å². The number of nitrogens with zero attached hydrogens (tertiary/aromatic N) is 2. The lowest BCUT2D eigenvalue weighted by Crippen LogP contribution is -2.50. The third kappa shape index (κ3) is 3.69. The summed E-state index contributed by atoms with van der Waals surface area (Å²) in [5.41, 5.74) is 0.347. The highest BCUT2D eigenvalue weighted by Crippen LogP contribution is 2.34. The Hall–Kier alpha value is -1.52. The second kappa shape index (κ2) is 7.72. The van der Waals surface area contributed by atoms with Crippen molar-refractivity contribution in [1.29, 1.82) is 0 Å². The summed E-state index contributed by atoms with van der Waals surface area (Å²) in [5.74, 6) is 0.710. The molecular weight excluding hydrogens is 447 g/mol. The standard InChI is InChI=1S/C17H16Cl2N2O5S2/c18-15-10-12(16(19)27-15)17(22)20-3-5-21(6-4-20)28(23,24)11-1-2-13-14(9-11)26-8-7-25-13/h1-2,9-10H,3-8H2. The molecule has 28 heavy (non-hydrogen) atoms. The SMILES string of the molecule is O=C(c1cc(Cl)sc1Cl)N1CCN(S(=O)(=O)c2ccc3c(c2)OCCO3)CC1. The van der Waals surface area contributed by atoms with Crippen LogP contribution in [0, 0.1) is 0 Å². The summed E-state index contributed by atoms with van der Waals surface area (Å²) >= 11 is 13.1. The van der Waals surface area contributed by atoms with Gasteiger partial charge in [-0.25, -0.2) is 8.42 Å². The Morgan fingerprint density at radius 1 is 1.00 bits per heavy atom. The fourth-order valence-corrected chi connectivity index (χ4v) is 6.01. The number of hydrogen-bond acceptors (Lipinski definition) is 6. The lowest BCUT2D eigenvalue weighted by molar-refractivity contribution is 0.0698. The van der Waals surface area contributed by atoms with E-state index in [0.717, 1.165) is 11.3 Å². The predicted molar refractivity (Wildman–Crippen MR) is 106 cm³/mol. The molecular formula is C17H16Cl2N2O5S2. The van der Waals surface area contributed by atoms with Crippen LogP contribution in [0.3, 0.4) is 0 Å². The van der Waals surface area contributed by atoms with Gasteiger partial charge in [0.2, 0.25) is 10.0 Å². The average molecular weight is 463 g/mol. The summed E-state index contributed by atoms with van der Waals surface area (Å²) in [6.07, 6.45) is 0. The van der Waals surface area contributed by atoms with E-state index in [0.29, 0.717) is 38.9 Å². The second-order valence-corrected chi connectivity index (χ2v) is 10.5. The number of hydrogen-bond donors (Lipinski definition) is 0. The van der Waals surface area contributed by atoms with Gasteiger partial charge in [-0.05, 0) is 18.2 Å². The maximum Gasteiger partial charge on any atom is 0.256 e. The van der Waals surface area contributed by atoms with Crippen LogP contribution >= 0.6 is 34.5 Å². The van der Waals surface area contributed by atoms with Crippen molar-refractivity contribution in [2.75, 3.05) is 39.4 Å². The summed E-state index contributed by atoms with van der Waals surface area (Å²) in [7, 11) is -3.70. The van der Waals surface area contributed by atoms with E-state index in [9.17, 15) is 13.2 Å². The molecule has 0 spiro atoms. The lowest BCUT2D eigenvalue weighted by Gasteiger charge is -2.34. The van der Waals surface area contributed by atoms with Crippen LogP contribution < -0.4 is 9.47 Å². The molecule has 1 saturated heterocycles. The minimum atomic E-state index is -3.70. The molecule has 1 fully saturated rings. The average Bonchev–Trinajstić information content (AvgIpc) is 3.05. The largest absolute Gasteiger partial charge is 0.486 e. The van der Waals surface area contributed by atoms with Gasteiger partial charge in [0.25, 0.3) is 5.91 Å².